The molecule has 2 aromatic heterocycles. The van der Waals surface area contributed by atoms with E-state index in [-0.39, 0.29) is 6.04 Å². The molecule has 5 heteroatoms. The topological polar surface area (TPSA) is 68.8 Å². The van der Waals surface area contributed by atoms with Gasteiger partial charge in [0.1, 0.15) is 0 Å². The zero-order valence-electron chi connectivity index (χ0n) is 11.3. The minimum atomic E-state index is -0.0695. The van der Waals surface area contributed by atoms with Crippen LogP contribution in [0.5, 0.6) is 0 Å². The van der Waals surface area contributed by atoms with Crippen LogP contribution in [0.25, 0.3) is 10.9 Å². The van der Waals surface area contributed by atoms with Gasteiger partial charge in [-0.1, -0.05) is 12.1 Å². The number of nitrogens with zero attached hydrogens (tertiary/aromatic N) is 3. The summed E-state index contributed by atoms with van der Waals surface area (Å²) in [5.41, 5.74) is 6.00. The molecule has 0 spiro atoms. The fourth-order valence-electron chi connectivity index (χ4n) is 2.36. The lowest BCUT2D eigenvalue weighted by atomic mass is 10.0. The first-order valence-corrected chi connectivity index (χ1v) is 6.65. The molecule has 3 aromatic rings. The summed E-state index contributed by atoms with van der Waals surface area (Å²) in [6.45, 7) is 2.91. The summed E-state index contributed by atoms with van der Waals surface area (Å²) in [6, 6.07) is 10.1. The molecule has 2 heterocycles. The predicted octanol–water partition coefficient (Wildman–Crippen LogP) is 2.00. The summed E-state index contributed by atoms with van der Waals surface area (Å²) in [5.74, 6) is 5.73. The van der Waals surface area contributed by atoms with Crippen molar-refractivity contribution in [1.82, 2.24) is 20.2 Å². The lowest BCUT2D eigenvalue weighted by Gasteiger charge is -2.15. The number of pyridine rings is 1. The highest BCUT2D eigenvalue weighted by molar-refractivity contribution is 5.79. The van der Waals surface area contributed by atoms with Crippen LogP contribution in [-0.2, 0) is 6.54 Å². The predicted molar refractivity (Wildman–Crippen MR) is 78.8 cm³/mol. The third-order valence-electron chi connectivity index (χ3n) is 3.44. The molecular formula is C15H17N5. The molecule has 0 saturated carbocycles. The molecule has 0 bridgehead atoms. The van der Waals surface area contributed by atoms with Gasteiger partial charge in [-0.2, -0.15) is 5.10 Å². The molecule has 3 rings (SSSR count). The fourth-order valence-corrected chi connectivity index (χ4v) is 2.36. The third-order valence-corrected chi connectivity index (χ3v) is 3.44. The minimum Gasteiger partial charge on any atom is -0.273 e. The SMILES string of the molecule is CCn1cc(C(NN)c2ccc3ncccc3c2)cn1. The maximum absolute atomic E-state index is 5.73. The van der Waals surface area contributed by atoms with Crippen molar-refractivity contribution in [3.8, 4) is 0 Å². The van der Waals surface area contributed by atoms with Gasteiger partial charge in [0.15, 0.2) is 0 Å². The summed E-state index contributed by atoms with van der Waals surface area (Å²) in [4.78, 5) is 4.33. The summed E-state index contributed by atoms with van der Waals surface area (Å²) in [7, 11) is 0. The summed E-state index contributed by atoms with van der Waals surface area (Å²) in [5, 5.41) is 5.40. The summed E-state index contributed by atoms with van der Waals surface area (Å²) in [6.07, 6.45) is 5.66. The van der Waals surface area contributed by atoms with E-state index >= 15 is 0 Å². The van der Waals surface area contributed by atoms with Gasteiger partial charge in [-0.3, -0.25) is 15.5 Å². The van der Waals surface area contributed by atoms with Crippen molar-refractivity contribution in [2.24, 2.45) is 5.84 Å². The molecule has 1 atom stereocenters. The number of fused-ring (bicyclic) bond motifs is 1. The van der Waals surface area contributed by atoms with E-state index in [0.717, 1.165) is 28.6 Å². The third kappa shape index (κ3) is 2.29. The van der Waals surface area contributed by atoms with Crippen LogP contribution in [0.1, 0.15) is 24.1 Å². The number of nitrogens with two attached hydrogens (primary N) is 1. The van der Waals surface area contributed by atoms with E-state index in [9.17, 15) is 0 Å². The second kappa shape index (κ2) is 5.40. The van der Waals surface area contributed by atoms with Gasteiger partial charge in [0.25, 0.3) is 0 Å². The van der Waals surface area contributed by atoms with Gasteiger partial charge in [0.2, 0.25) is 0 Å². The monoisotopic (exact) mass is 267 g/mol. The Labute approximate surface area is 117 Å². The quantitative estimate of drug-likeness (QED) is 0.560. The standard InChI is InChI=1S/C15H17N5/c1-2-20-10-13(9-18-20)15(19-16)12-5-6-14-11(8-12)4-3-7-17-14/h3-10,15,19H,2,16H2,1H3. The van der Waals surface area contributed by atoms with Crippen molar-refractivity contribution in [3.63, 3.8) is 0 Å². The largest absolute Gasteiger partial charge is 0.273 e. The number of hydrogen-bond acceptors (Lipinski definition) is 4. The highest BCUT2D eigenvalue weighted by Crippen LogP contribution is 2.24. The lowest BCUT2D eigenvalue weighted by molar-refractivity contribution is 0.630. The number of benzene rings is 1. The van der Waals surface area contributed by atoms with Crippen LogP contribution in [-0.4, -0.2) is 14.8 Å². The molecule has 5 nitrogen and oxygen atoms in total. The molecule has 3 N–H and O–H groups in total. The van der Waals surface area contributed by atoms with Crippen molar-refractivity contribution in [3.05, 3.63) is 60.0 Å². The van der Waals surface area contributed by atoms with Gasteiger partial charge in [0, 0.05) is 29.9 Å². The van der Waals surface area contributed by atoms with Gasteiger partial charge in [0.05, 0.1) is 17.8 Å². The highest BCUT2D eigenvalue weighted by atomic mass is 15.3. The molecule has 0 aliphatic heterocycles. The van der Waals surface area contributed by atoms with Crippen molar-refractivity contribution < 1.29 is 0 Å². The van der Waals surface area contributed by atoms with Gasteiger partial charge >= 0.3 is 0 Å². The maximum atomic E-state index is 5.73. The van der Waals surface area contributed by atoms with Crippen LogP contribution in [0.2, 0.25) is 0 Å². The second-order valence-electron chi connectivity index (χ2n) is 4.68. The molecule has 0 radical (unpaired) electrons. The number of nitrogens with one attached hydrogen (secondary N) is 1. The number of aryl methyl sites for hydroxylation is 1. The second-order valence-corrected chi connectivity index (χ2v) is 4.68. The lowest BCUT2D eigenvalue weighted by Crippen LogP contribution is -2.28. The van der Waals surface area contributed by atoms with E-state index in [2.05, 4.69) is 34.6 Å². The highest BCUT2D eigenvalue weighted by Gasteiger charge is 2.14. The van der Waals surface area contributed by atoms with Crippen molar-refractivity contribution >= 4 is 10.9 Å². The molecule has 0 aliphatic rings. The molecule has 20 heavy (non-hydrogen) atoms. The van der Waals surface area contributed by atoms with E-state index in [4.69, 9.17) is 5.84 Å². The van der Waals surface area contributed by atoms with Crippen molar-refractivity contribution in [2.45, 2.75) is 19.5 Å². The summed E-state index contributed by atoms with van der Waals surface area (Å²) < 4.78 is 1.89. The zero-order chi connectivity index (χ0) is 13.9. The Morgan fingerprint density at radius 1 is 1.30 bits per heavy atom. The van der Waals surface area contributed by atoms with Gasteiger partial charge in [-0.15, -0.1) is 0 Å². The van der Waals surface area contributed by atoms with E-state index < -0.39 is 0 Å². The molecule has 0 amide bonds. The van der Waals surface area contributed by atoms with E-state index in [1.807, 2.05) is 35.3 Å². The molecular weight excluding hydrogens is 250 g/mol. The van der Waals surface area contributed by atoms with Crippen LogP contribution < -0.4 is 11.3 Å². The minimum absolute atomic E-state index is 0.0695. The number of rotatable bonds is 4. The average Bonchev–Trinajstić information content (AvgIpc) is 2.97. The smallest absolute Gasteiger partial charge is 0.0740 e. The molecule has 0 aliphatic carbocycles. The van der Waals surface area contributed by atoms with Crippen LogP contribution >= 0.6 is 0 Å². The first kappa shape index (κ1) is 12.8. The summed E-state index contributed by atoms with van der Waals surface area (Å²) >= 11 is 0. The van der Waals surface area contributed by atoms with Gasteiger partial charge in [-0.05, 0) is 30.7 Å². The van der Waals surface area contributed by atoms with E-state index in [1.165, 1.54) is 0 Å². The van der Waals surface area contributed by atoms with Crippen molar-refractivity contribution in [1.29, 1.82) is 0 Å². The number of hydrazine groups is 1. The normalized spacial score (nSPS) is 12.7. The Hall–Kier alpha value is -2.24. The van der Waals surface area contributed by atoms with Gasteiger partial charge in [-0.25, -0.2) is 5.43 Å². The Balaban J connectivity index is 2.02. The fraction of sp³-hybridized carbons (Fsp3) is 0.200. The average molecular weight is 267 g/mol. The van der Waals surface area contributed by atoms with Crippen LogP contribution in [0.15, 0.2) is 48.9 Å². The maximum Gasteiger partial charge on any atom is 0.0740 e. The Morgan fingerprint density at radius 2 is 2.20 bits per heavy atom. The van der Waals surface area contributed by atoms with Crippen LogP contribution in [0, 0.1) is 0 Å². The van der Waals surface area contributed by atoms with E-state index in [1.54, 1.807) is 6.20 Å². The Bertz CT molecular complexity index is 719. The Morgan fingerprint density at radius 3 is 2.95 bits per heavy atom. The Kier molecular flexibility index (Phi) is 3.45. The van der Waals surface area contributed by atoms with Crippen LogP contribution in [0.3, 0.4) is 0 Å². The molecule has 102 valence electrons. The zero-order valence-corrected chi connectivity index (χ0v) is 11.3. The first-order valence-electron chi connectivity index (χ1n) is 6.65. The first-order chi connectivity index (χ1) is 9.81. The van der Waals surface area contributed by atoms with Crippen LogP contribution in [0.4, 0.5) is 0 Å². The number of aromatic nitrogens is 3. The molecule has 0 fully saturated rings. The van der Waals surface area contributed by atoms with Gasteiger partial charge < -0.3 is 0 Å². The molecule has 0 saturated heterocycles. The molecule has 1 unspecified atom stereocenters. The molecule has 1 aromatic carbocycles. The van der Waals surface area contributed by atoms with E-state index in [0.29, 0.717) is 0 Å². The van der Waals surface area contributed by atoms with Crippen molar-refractivity contribution in [2.75, 3.05) is 0 Å². The number of hydrogen-bond donors (Lipinski definition) is 2.